The lowest BCUT2D eigenvalue weighted by molar-refractivity contribution is -0.117. The summed E-state index contributed by atoms with van der Waals surface area (Å²) in [5.74, 6) is 0.759. The summed E-state index contributed by atoms with van der Waals surface area (Å²) >= 11 is 6.20. The second-order valence-electron chi connectivity index (χ2n) is 6.79. The van der Waals surface area contributed by atoms with Crippen molar-refractivity contribution in [1.29, 1.82) is 0 Å². The summed E-state index contributed by atoms with van der Waals surface area (Å²) in [4.78, 5) is 14.5. The molecule has 0 saturated carbocycles. The van der Waals surface area contributed by atoms with Crippen molar-refractivity contribution in [2.24, 2.45) is 0 Å². The molecule has 7 heteroatoms. The first-order chi connectivity index (χ1) is 14.1. The van der Waals surface area contributed by atoms with Gasteiger partial charge in [0.05, 0.1) is 23.7 Å². The van der Waals surface area contributed by atoms with E-state index in [2.05, 4.69) is 29.4 Å². The molecule has 2 aromatic carbocycles. The summed E-state index contributed by atoms with van der Waals surface area (Å²) in [6.07, 6.45) is 1.83. The summed E-state index contributed by atoms with van der Waals surface area (Å²) < 4.78 is 5.78. The maximum atomic E-state index is 12.5. The predicted molar refractivity (Wildman–Crippen MR) is 115 cm³/mol. The van der Waals surface area contributed by atoms with Crippen LogP contribution < -0.4 is 5.32 Å². The minimum atomic E-state index is -0.0717. The van der Waals surface area contributed by atoms with Crippen LogP contribution in [0.1, 0.15) is 31.7 Å². The molecule has 152 valence electrons. The number of benzene rings is 2. The van der Waals surface area contributed by atoms with E-state index in [0.717, 1.165) is 25.1 Å². The number of halogens is 1. The smallest absolute Gasteiger partial charge is 0.249 e. The number of nitrogens with zero attached hydrogens (tertiary/aromatic N) is 3. The summed E-state index contributed by atoms with van der Waals surface area (Å²) in [5.41, 5.74) is 2.69. The zero-order valence-electron chi connectivity index (χ0n) is 16.7. The van der Waals surface area contributed by atoms with Gasteiger partial charge in [0.25, 0.3) is 0 Å². The Labute approximate surface area is 175 Å². The van der Waals surface area contributed by atoms with Crippen molar-refractivity contribution in [2.45, 2.75) is 33.2 Å². The first-order valence-corrected chi connectivity index (χ1v) is 10.1. The zero-order valence-corrected chi connectivity index (χ0v) is 17.4. The van der Waals surface area contributed by atoms with Crippen molar-refractivity contribution in [1.82, 2.24) is 15.1 Å². The average molecular weight is 413 g/mol. The number of anilines is 1. The number of aryl methyl sites for hydroxylation is 1. The van der Waals surface area contributed by atoms with Crippen LogP contribution in [0, 0.1) is 0 Å². The number of hydrogen-bond acceptors (Lipinski definition) is 5. The standard InChI is InChI=1S/C22H25ClN4O2/c1-3-12-27(14-20(28)24-17-9-7-8-16(4-2)13-17)15-21-25-26-22(29-21)18-10-5-6-11-19(18)23/h5-11,13H,3-4,12,14-15H2,1-2H3,(H,24,28). The van der Waals surface area contributed by atoms with Gasteiger partial charge in [0.15, 0.2) is 0 Å². The van der Waals surface area contributed by atoms with Gasteiger partial charge in [0.1, 0.15) is 0 Å². The fourth-order valence-electron chi connectivity index (χ4n) is 3.06. The summed E-state index contributed by atoms with van der Waals surface area (Å²) in [5, 5.41) is 11.7. The van der Waals surface area contributed by atoms with Gasteiger partial charge in [0.2, 0.25) is 17.7 Å². The Morgan fingerprint density at radius 1 is 1.14 bits per heavy atom. The third-order valence-electron chi connectivity index (χ3n) is 4.46. The highest BCUT2D eigenvalue weighted by Gasteiger charge is 2.16. The lowest BCUT2D eigenvalue weighted by Gasteiger charge is -2.19. The van der Waals surface area contributed by atoms with Crippen LogP contribution in [0.15, 0.2) is 52.9 Å². The van der Waals surface area contributed by atoms with Crippen LogP contribution in [0.3, 0.4) is 0 Å². The molecule has 1 amide bonds. The van der Waals surface area contributed by atoms with Gasteiger partial charge in [-0.3, -0.25) is 9.69 Å². The molecular weight excluding hydrogens is 388 g/mol. The Morgan fingerprint density at radius 3 is 2.72 bits per heavy atom. The molecule has 0 spiro atoms. The van der Waals surface area contributed by atoms with Gasteiger partial charge in [-0.05, 0) is 49.2 Å². The van der Waals surface area contributed by atoms with Crippen molar-refractivity contribution >= 4 is 23.2 Å². The molecule has 0 unspecified atom stereocenters. The summed E-state index contributed by atoms with van der Waals surface area (Å²) in [7, 11) is 0. The van der Waals surface area contributed by atoms with Gasteiger partial charge < -0.3 is 9.73 Å². The second-order valence-corrected chi connectivity index (χ2v) is 7.20. The van der Waals surface area contributed by atoms with E-state index in [9.17, 15) is 4.79 Å². The fourth-order valence-corrected chi connectivity index (χ4v) is 3.27. The van der Waals surface area contributed by atoms with Gasteiger partial charge in [-0.25, -0.2) is 0 Å². The third-order valence-corrected chi connectivity index (χ3v) is 4.79. The van der Waals surface area contributed by atoms with Gasteiger partial charge in [-0.2, -0.15) is 0 Å². The lowest BCUT2D eigenvalue weighted by atomic mass is 10.1. The number of rotatable bonds is 9. The van der Waals surface area contributed by atoms with Gasteiger partial charge in [0, 0.05) is 5.69 Å². The van der Waals surface area contributed by atoms with Crippen LogP contribution in [-0.2, 0) is 17.8 Å². The van der Waals surface area contributed by atoms with Crippen LogP contribution >= 0.6 is 11.6 Å². The minimum absolute atomic E-state index is 0.0717. The number of aromatic nitrogens is 2. The molecule has 0 saturated heterocycles. The van der Waals surface area contributed by atoms with Crippen LogP contribution in [0.5, 0.6) is 0 Å². The Kier molecular flexibility index (Phi) is 7.38. The highest BCUT2D eigenvalue weighted by molar-refractivity contribution is 6.33. The first kappa shape index (κ1) is 21.0. The van der Waals surface area contributed by atoms with Crippen LogP contribution in [-0.4, -0.2) is 34.1 Å². The zero-order chi connectivity index (χ0) is 20.6. The molecule has 0 radical (unpaired) electrons. The van der Waals surface area contributed by atoms with Crippen molar-refractivity contribution < 1.29 is 9.21 Å². The molecule has 3 aromatic rings. The topological polar surface area (TPSA) is 71.3 Å². The maximum Gasteiger partial charge on any atom is 0.249 e. The number of amides is 1. The van der Waals surface area contributed by atoms with E-state index in [0.29, 0.717) is 28.9 Å². The van der Waals surface area contributed by atoms with Gasteiger partial charge >= 0.3 is 0 Å². The summed E-state index contributed by atoms with van der Waals surface area (Å²) in [6.45, 7) is 5.54. The molecule has 0 aliphatic heterocycles. The minimum Gasteiger partial charge on any atom is -0.419 e. The molecule has 1 N–H and O–H groups in total. The average Bonchev–Trinajstić information content (AvgIpc) is 3.16. The van der Waals surface area contributed by atoms with Crippen molar-refractivity contribution in [3.63, 3.8) is 0 Å². The molecule has 1 heterocycles. The Hall–Kier alpha value is -2.70. The van der Waals surface area contributed by atoms with Crippen LogP contribution in [0.25, 0.3) is 11.5 Å². The lowest BCUT2D eigenvalue weighted by Crippen LogP contribution is -2.33. The quantitative estimate of drug-likeness (QED) is 0.546. The number of hydrogen-bond donors (Lipinski definition) is 1. The van der Waals surface area contributed by atoms with E-state index >= 15 is 0 Å². The third kappa shape index (κ3) is 5.89. The second kappa shape index (κ2) is 10.2. The van der Waals surface area contributed by atoms with E-state index in [4.69, 9.17) is 16.0 Å². The molecule has 3 rings (SSSR count). The van der Waals surface area contributed by atoms with Gasteiger partial charge in [-0.15, -0.1) is 10.2 Å². The SMILES string of the molecule is CCCN(CC(=O)Nc1cccc(CC)c1)Cc1nnc(-c2ccccc2Cl)o1. The van der Waals surface area contributed by atoms with Crippen LogP contribution in [0.4, 0.5) is 5.69 Å². The molecular formula is C22H25ClN4O2. The largest absolute Gasteiger partial charge is 0.419 e. The summed E-state index contributed by atoms with van der Waals surface area (Å²) in [6, 6.07) is 15.2. The van der Waals surface area contributed by atoms with Crippen LogP contribution in [0.2, 0.25) is 5.02 Å². The van der Waals surface area contributed by atoms with Crippen molar-refractivity contribution in [2.75, 3.05) is 18.4 Å². The number of carbonyl (C=O) groups is 1. The predicted octanol–water partition coefficient (Wildman–Crippen LogP) is 4.80. The normalized spacial score (nSPS) is 11.0. The van der Waals surface area contributed by atoms with Gasteiger partial charge in [-0.1, -0.05) is 49.7 Å². The van der Waals surface area contributed by atoms with E-state index in [1.54, 1.807) is 6.07 Å². The molecule has 0 bridgehead atoms. The van der Waals surface area contributed by atoms with E-state index < -0.39 is 0 Å². The Morgan fingerprint density at radius 2 is 1.97 bits per heavy atom. The Balaban J connectivity index is 1.64. The number of nitrogens with one attached hydrogen (secondary N) is 1. The molecule has 6 nitrogen and oxygen atoms in total. The molecule has 0 fully saturated rings. The maximum absolute atomic E-state index is 12.5. The van der Waals surface area contributed by atoms with Crippen molar-refractivity contribution in [3.05, 3.63) is 65.0 Å². The molecule has 29 heavy (non-hydrogen) atoms. The monoisotopic (exact) mass is 412 g/mol. The van der Waals surface area contributed by atoms with E-state index in [1.807, 2.05) is 47.4 Å². The molecule has 0 atom stereocenters. The number of carbonyl (C=O) groups excluding carboxylic acids is 1. The Bertz CT molecular complexity index is 957. The fraction of sp³-hybridized carbons (Fsp3) is 0.318. The van der Waals surface area contributed by atoms with E-state index in [-0.39, 0.29) is 12.5 Å². The van der Waals surface area contributed by atoms with E-state index in [1.165, 1.54) is 5.56 Å². The molecule has 1 aromatic heterocycles. The van der Waals surface area contributed by atoms with Crippen molar-refractivity contribution in [3.8, 4) is 11.5 Å². The highest BCUT2D eigenvalue weighted by atomic mass is 35.5. The highest BCUT2D eigenvalue weighted by Crippen LogP contribution is 2.26. The molecule has 0 aliphatic carbocycles. The molecule has 0 aliphatic rings. The first-order valence-electron chi connectivity index (χ1n) is 9.77.